The number of nitrogens with zero attached hydrogens (tertiary/aromatic N) is 4. The lowest BCUT2D eigenvalue weighted by Crippen LogP contribution is -2.47. The van der Waals surface area contributed by atoms with Gasteiger partial charge < -0.3 is 15.1 Å². The van der Waals surface area contributed by atoms with Crippen LogP contribution in [-0.4, -0.2) is 58.9 Å². The maximum atomic E-state index is 12.9. The summed E-state index contributed by atoms with van der Waals surface area (Å²) < 4.78 is 0. The number of aromatic nitrogens is 2. The molecule has 0 unspecified atom stereocenters. The van der Waals surface area contributed by atoms with E-state index in [0.29, 0.717) is 5.56 Å². The number of fused-ring (bicyclic) bond motifs is 1. The van der Waals surface area contributed by atoms with Gasteiger partial charge in [-0.15, -0.1) is 0 Å². The van der Waals surface area contributed by atoms with E-state index in [1.165, 1.54) is 0 Å². The lowest BCUT2D eigenvalue weighted by atomic mass is 10.0. The summed E-state index contributed by atoms with van der Waals surface area (Å²) in [5.41, 5.74) is 4.80. The fourth-order valence-corrected chi connectivity index (χ4v) is 3.52. The van der Waals surface area contributed by atoms with Crippen LogP contribution in [0.25, 0.3) is 5.57 Å². The number of hydrogen-bond donors (Lipinski definition) is 1. The summed E-state index contributed by atoms with van der Waals surface area (Å²) in [5.74, 6) is 0.818. The van der Waals surface area contributed by atoms with Crippen LogP contribution >= 0.6 is 0 Å². The Kier molecular flexibility index (Phi) is 4.73. The first-order valence-corrected chi connectivity index (χ1v) is 9.17. The number of carbonyl (C=O) groups excluding carboxylic acids is 1. The van der Waals surface area contributed by atoms with Gasteiger partial charge in [0, 0.05) is 57.5 Å². The molecule has 2 aliphatic rings. The Morgan fingerprint density at radius 1 is 1.22 bits per heavy atom. The first-order valence-electron chi connectivity index (χ1n) is 9.17. The summed E-state index contributed by atoms with van der Waals surface area (Å²) in [6, 6.07) is 5.93. The van der Waals surface area contributed by atoms with Crippen LogP contribution < -0.4 is 5.32 Å². The summed E-state index contributed by atoms with van der Waals surface area (Å²) in [6.07, 6.45) is 8.08. The van der Waals surface area contributed by atoms with Crippen LogP contribution in [0.5, 0.6) is 0 Å². The molecule has 0 spiro atoms. The normalized spacial score (nSPS) is 16.6. The standard InChI is InChI=1S/C21H23N5O.H2/c1-3-22-20-7-4-15(13-24-20)17-5-6-19-18(17)12-16(14-23-19)21(27)26-10-8-25(2)9-11-26;/h3-5,7,12-14H,1,6,8-11H2,2H3,(H,22,24);1H. The third kappa shape index (κ3) is 3.48. The molecule has 0 aromatic carbocycles. The molecule has 1 saturated heterocycles. The fraction of sp³-hybridized carbons (Fsp3) is 0.286. The zero-order valence-electron chi connectivity index (χ0n) is 15.5. The number of rotatable bonds is 4. The van der Waals surface area contributed by atoms with Gasteiger partial charge in [0.25, 0.3) is 5.91 Å². The van der Waals surface area contributed by atoms with E-state index >= 15 is 0 Å². The van der Waals surface area contributed by atoms with Crippen molar-refractivity contribution in [3.8, 4) is 0 Å². The van der Waals surface area contributed by atoms with Gasteiger partial charge in [-0.3, -0.25) is 9.78 Å². The summed E-state index contributed by atoms with van der Waals surface area (Å²) in [6.45, 7) is 6.98. The molecular weight excluding hydrogens is 338 g/mol. The molecule has 0 radical (unpaired) electrons. The second-order valence-corrected chi connectivity index (χ2v) is 6.92. The lowest BCUT2D eigenvalue weighted by molar-refractivity contribution is 0.0663. The Morgan fingerprint density at radius 2 is 2.04 bits per heavy atom. The van der Waals surface area contributed by atoms with Crippen molar-refractivity contribution in [2.24, 2.45) is 0 Å². The maximum absolute atomic E-state index is 12.9. The Hall–Kier alpha value is -2.99. The van der Waals surface area contributed by atoms with E-state index in [4.69, 9.17) is 0 Å². The summed E-state index contributed by atoms with van der Waals surface area (Å²) >= 11 is 0. The minimum absolute atomic E-state index is 0. The smallest absolute Gasteiger partial charge is 0.255 e. The predicted octanol–water partition coefficient (Wildman–Crippen LogP) is 2.65. The topological polar surface area (TPSA) is 61.4 Å². The molecule has 2 aromatic heterocycles. The van der Waals surface area contributed by atoms with E-state index in [-0.39, 0.29) is 7.33 Å². The highest BCUT2D eigenvalue weighted by molar-refractivity contribution is 5.96. The van der Waals surface area contributed by atoms with Crippen LogP contribution in [0.15, 0.2) is 49.4 Å². The summed E-state index contributed by atoms with van der Waals surface area (Å²) in [4.78, 5) is 26.0. The molecule has 6 heteroatoms. The number of anilines is 1. The molecule has 2 aromatic rings. The Bertz CT molecular complexity index is 902. The highest BCUT2D eigenvalue weighted by Crippen LogP contribution is 2.32. The van der Waals surface area contributed by atoms with Gasteiger partial charge in [0.2, 0.25) is 0 Å². The van der Waals surface area contributed by atoms with Crippen molar-refractivity contribution in [2.75, 3.05) is 38.5 Å². The van der Waals surface area contributed by atoms with E-state index in [0.717, 1.165) is 60.8 Å². The Morgan fingerprint density at radius 3 is 2.74 bits per heavy atom. The average molecular weight is 363 g/mol. The number of carbonyl (C=O) groups is 1. The van der Waals surface area contributed by atoms with E-state index in [2.05, 4.69) is 39.9 Å². The van der Waals surface area contributed by atoms with Gasteiger partial charge in [-0.25, -0.2) is 4.98 Å². The molecule has 1 fully saturated rings. The largest absolute Gasteiger partial charge is 0.347 e. The quantitative estimate of drug-likeness (QED) is 0.905. The number of allylic oxidation sites excluding steroid dienone is 1. The molecular formula is C21H25N5O. The molecule has 0 atom stereocenters. The summed E-state index contributed by atoms with van der Waals surface area (Å²) in [5, 5.41) is 2.98. The second-order valence-electron chi connectivity index (χ2n) is 6.92. The highest BCUT2D eigenvalue weighted by Gasteiger charge is 2.24. The maximum Gasteiger partial charge on any atom is 0.255 e. The lowest BCUT2D eigenvalue weighted by Gasteiger charge is -2.32. The molecule has 1 amide bonds. The van der Waals surface area contributed by atoms with E-state index in [9.17, 15) is 4.79 Å². The third-order valence-electron chi connectivity index (χ3n) is 5.12. The number of piperazine rings is 1. The molecule has 6 nitrogen and oxygen atoms in total. The van der Waals surface area contributed by atoms with Crippen LogP contribution in [0, 0.1) is 0 Å². The van der Waals surface area contributed by atoms with Crippen molar-refractivity contribution in [1.82, 2.24) is 19.8 Å². The van der Waals surface area contributed by atoms with E-state index in [1.807, 2.05) is 29.3 Å². The molecule has 4 rings (SSSR count). The van der Waals surface area contributed by atoms with Crippen LogP contribution in [0.1, 0.15) is 28.6 Å². The van der Waals surface area contributed by atoms with Crippen molar-refractivity contribution in [3.05, 3.63) is 71.8 Å². The fourth-order valence-electron chi connectivity index (χ4n) is 3.52. The first-order chi connectivity index (χ1) is 13.2. The molecule has 1 aliphatic heterocycles. The van der Waals surface area contributed by atoms with Crippen molar-refractivity contribution in [3.63, 3.8) is 0 Å². The molecule has 27 heavy (non-hydrogen) atoms. The number of pyridine rings is 2. The van der Waals surface area contributed by atoms with Crippen molar-refractivity contribution < 1.29 is 6.22 Å². The number of likely N-dealkylation sites (N-methyl/N-ethyl adjacent to an activating group) is 1. The predicted molar refractivity (Wildman–Crippen MR) is 109 cm³/mol. The third-order valence-corrected chi connectivity index (χ3v) is 5.12. The second kappa shape index (κ2) is 7.32. The van der Waals surface area contributed by atoms with Gasteiger partial charge in [-0.2, -0.15) is 0 Å². The monoisotopic (exact) mass is 363 g/mol. The highest BCUT2D eigenvalue weighted by atomic mass is 16.2. The minimum atomic E-state index is 0. The van der Waals surface area contributed by atoms with Gasteiger partial charge in [0.1, 0.15) is 5.82 Å². The average Bonchev–Trinajstić information content (AvgIpc) is 3.12. The van der Waals surface area contributed by atoms with Gasteiger partial charge in [-0.05, 0) is 37.0 Å². The van der Waals surface area contributed by atoms with Crippen LogP contribution in [0.2, 0.25) is 0 Å². The van der Waals surface area contributed by atoms with Gasteiger partial charge in [0.15, 0.2) is 0 Å². The molecule has 3 heterocycles. The number of amides is 1. The number of hydrogen-bond acceptors (Lipinski definition) is 5. The Balaban J connectivity index is 0.00000225. The van der Waals surface area contributed by atoms with Crippen molar-refractivity contribution in [1.29, 1.82) is 0 Å². The van der Waals surface area contributed by atoms with Gasteiger partial charge in [-0.1, -0.05) is 12.7 Å². The zero-order chi connectivity index (χ0) is 18.8. The zero-order valence-corrected chi connectivity index (χ0v) is 15.5. The molecule has 140 valence electrons. The minimum Gasteiger partial charge on any atom is -0.347 e. The summed E-state index contributed by atoms with van der Waals surface area (Å²) in [7, 11) is 2.08. The van der Waals surface area contributed by atoms with E-state index < -0.39 is 0 Å². The number of nitrogens with one attached hydrogen (secondary N) is 1. The first kappa shape index (κ1) is 17.4. The molecule has 0 bridgehead atoms. The molecule has 1 aliphatic carbocycles. The van der Waals surface area contributed by atoms with Crippen molar-refractivity contribution >= 4 is 17.3 Å². The van der Waals surface area contributed by atoms with Crippen LogP contribution in [0.3, 0.4) is 0 Å². The molecule has 0 saturated carbocycles. The van der Waals surface area contributed by atoms with Crippen molar-refractivity contribution in [2.45, 2.75) is 6.42 Å². The van der Waals surface area contributed by atoms with Gasteiger partial charge in [0.05, 0.1) is 11.3 Å². The van der Waals surface area contributed by atoms with Gasteiger partial charge >= 0.3 is 0 Å². The molecule has 1 N–H and O–H groups in total. The SMILES string of the molecule is C=CNc1ccc(C2=CCc3ncc(C(=O)N4CCN(C)CC4)cc32)cn1.[HH]. The van der Waals surface area contributed by atoms with E-state index in [1.54, 1.807) is 12.4 Å². The van der Waals surface area contributed by atoms with Crippen LogP contribution in [0.4, 0.5) is 5.82 Å². The van der Waals surface area contributed by atoms with Crippen LogP contribution in [-0.2, 0) is 6.42 Å². The Labute approximate surface area is 160 Å².